The summed E-state index contributed by atoms with van der Waals surface area (Å²) in [7, 11) is 0. The summed E-state index contributed by atoms with van der Waals surface area (Å²) in [5, 5.41) is 0. The maximum atomic E-state index is 11.4. The summed E-state index contributed by atoms with van der Waals surface area (Å²) in [4.78, 5) is 11.4. The molecule has 0 fully saturated rings. The molecule has 0 heterocycles. The van der Waals surface area contributed by atoms with Crippen LogP contribution in [0.5, 0.6) is 0 Å². The van der Waals surface area contributed by atoms with Gasteiger partial charge in [0.1, 0.15) is 0 Å². The van der Waals surface area contributed by atoms with E-state index in [1.807, 2.05) is 0 Å². The number of allylic oxidation sites excluding steroid dienone is 1. The van der Waals surface area contributed by atoms with E-state index in [-0.39, 0.29) is 5.97 Å². The molecule has 0 amide bonds. The molecule has 0 saturated heterocycles. The first-order chi connectivity index (χ1) is 8.81. The van der Waals surface area contributed by atoms with Gasteiger partial charge in [0.25, 0.3) is 0 Å². The number of ether oxygens (including phenoxy) is 1. The zero-order valence-electron chi connectivity index (χ0n) is 12.2. The third kappa shape index (κ3) is 13.3. The number of carbonyl (C=O) groups excluding carboxylic acids is 1. The minimum atomic E-state index is -0.0338. The summed E-state index contributed by atoms with van der Waals surface area (Å²) in [5.41, 5.74) is 0. The van der Waals surface area contributed by atoms with Crippen molar-refractivity contribution < 1.29 is 9.53 Å². The highest BCUT2D eigenvalue weighted by molar-refractivity contribution is 5.69. The van der Waals surface area contributed by atoms with Crippen LogP contribution in [0.25, 0.3) is 0 Å². The lowest BCUT2D eigenvalue weighted by molar-refractivity contribution is -0.143. The molecule has 0 spiro atoms. The van der Waals surface area contributed by atoms with Crippen molar-refractivity contribution in [3.63, 3.8) is 0 Å². The second kappa shape index (κ2) is 14.3. The molecule has 0 aliphatic heterocycles. The van der Waals surface area contributed by atoms with Gasteiger partial charge in [0.05, 0.1) is 6.61 Å². The van der Waals surface area contributed by atoms with E-state index in [4.69, 9.17) is 4.74 Å². The van der Waals surface area contributed by atoms with Gasteiger partial charge in [-0.25, -0.2) is 0 Å². The highest BCUT2D eigenvalue weighted by atomic mass is 16.5. The molecule has 0 aromatic rings. The molecule has 0 aliphatic rings. The van der Waals surface area contributed by atoms with Gasteiger partial charge >= 0.3 is 5.97 Å². The summed E-state index contributed by atoms with van der Waals surface area (Å²) in [6.07, 6.45) is 15.3. The molecule has 0 atom stereocenters. The number of esters is 1. The van der Waals surface area contributed by atoms with Crippen molar-refractivity contribution in [3.05, 3.63) is 12.2 Å². The van der Waals surface area contributed by atoms with E-state index in [2.05, 4.69) is 26.0 Å². The Hall–Kier alpha value is -0.790. The van der Waals surface area contributed by atoms with Gasteiger partial charge in [-0.05, 0) is 19.3 Å². The zero-order valence-corrected chi connectivity index (χ0v) is 12.2. The average Bonchev–Trinajstić information content (AvgIpc) is 2.37. The molecule has 0 radical (unpaired) electrons. The Morgan fingerprint density at radius 1 is 0.944 bits per heavy atom. The van der Waals surface area contributed by atoms with Crippen molar-refractivity contribution in [1.29, 1.82) is 0 Å². The van der Waals surface area contributed by atoms with Crippen molar-refractivity contribution in [2.75, 3.05) is 6.61 Å². The average molecular weight is 254 g/mol. The lowest BCUT2D eigenvalue weighted by atomic mass is 10.1. The van der Waals surface area contributed by atoms with Crippen molar-refractivity contribution in [1.82, 2.24) is 0 Å². The van der Waals surface area contributed by atoms with Gasteiger partial charge in [0, 0.05) is 6.42 Å². The summed E-state index contributed by atoms with van der Waals surface area (Å²) in [5.74, 6) is -0.0338. The molecule has 106 valence electrons. The molecular weight excluding hydrogens is 224 g/mol. The summed E-state index contributed by atoms with van der Waals surface area (Å²) in [6.45, 7) is 4.86. The van der Waals surface area contributed by atoms with Crippen LogP contribution < -0.4 is 0 Å². The second-order valence-electron chi connectivity index (χ2n) is 4.76. The molecule has 0 bridgehead atoms. The van der Waals surface area contributed by atoms with Gasteiger partial charge in [-0.2, -0.15) is 0 Å². The Labute approximate surface area is 113 Å². The van der Waals surface area contributed by atoms with E-state index in [0.29, 0.717) is 13.0 Å². The van der Waals surface area contributed by atoms with Gasteiger partial charge < -0.3 is 4.74 Å². The number of unbranched alkanes of at least 4 members (excludes halogenated alkanes) is 6. The van der Waals surface area contributed by atoms with Crippen LogP contribution in [0, 0.1) is 0 Å². The lowest BCUT2D eigenvalue weighted by Gasteiger charge is -2.03. The monoisotopic (exact) mass is 254 g/mol. The number of rotatable bonds is 12. The maximum absolute atomic E-state index is 11.4. The quantitative estimate of drug-likeness (QED) is 0.277. The predicted octanol–water partition coefficient (Wildman–Crippen LogP) is 5.03. The van der Waals surface area contributed by atoms with Crippen LogP contribution in [0.4, 0.5) is 0 Å². The van der Waals surface area contributed by atoms with Gasteiger partial charge in [-0.15, -0.1) is 0 Å². The fourth-order valence-corrected chi connectivity index (χ4v) is 1.82. The lowest BCUT2D eigenvalue weighted by Crippen LogP contribution is -2.04. The third-order valence-electron chi connectivity index (χ3n) is 2.93. The minimum Gasteiger partial charge on any atom is -0.465 e. The second-order valence-corrected chi connectivity index (χ2v) is 4.76. The van der Waals surface area contributed by atoms with E-state index in [0.717, 1.165) is 25.7 Å². The highest BCUT2D eigenvalue weighted by Crippen LogP contribution is 2.08. The molecule has 0 rings (SSSR count). The van der Waals surface area contributed by atoms with Gasteiger partial charge in [-0.1, -0.05) is 64.5 Å². The number of hydrogen-bond acceptors (Lipinski definition) is 2. The minimum absolute atomic E-state index is 0.0338. The van der Waals surface area contributed by atoms with Crippen molar-refractivity contribution in [2.24, 2.45) is 0 Å². The van der Waals surface area contributed by atoms with Crippen LogP contribution in [0.1, 0.15) is 78.1 Å². The standard InChI is InChI=1S/C16H30O2/c1-3-5-7-9-10-11-12-14-16(17)18-15-13-8-6-4-2/h6,8H,3-5,7,9-15H2,1-2H3. The summed E-state index contributed by atoms with van der Waals surface area (Å²) in [6, 6.07) is 0. The molecule has 0 saturated carbocycles. The Morgan fingerprint density at radius 2 is 1.61 bits per heavy atom. The highest BCUT2D eigenvalue weighted by Gasteiger charge is 2.01. The summed E-state index contributed by atoms with van der Waals surface area (Å²) >= 11 is 0. The van der Waals surface area contributed by atoms with E-state index in [1.165, 1.54) is 32.1 Å². The largest absolute Gasteiger partial charge is 0.465 e. The fourth-order valence-electron chi connectivity index (χ4n) is 1.82. The Morgan fingerprint density at radius 3 is 2.28 bits per heavy atom. The van der Waals surface area contributed by atoms with Crippen molar-refractivity contribution in [2.45, 2.75) is 78.1 Å². The van der Waals surface area contributed by atoms with Crippen LogP contribution in [-0.4, -0.2) is 12.6 Å². The number of carbonyl (C=O) groups is 1. The smallest absolute Gasteiger partial charge is 0.305 e. The first kappa shape index (κ1) is 17.2. The Bertz CT molecular complexity index is 209. The van der Waals surface area contributed by atoms with Gasteiger partial charge in [0.2, 0.25) is 0 Å². The number of hydrogen-bond donors (Lipinski definition) is 0. The van der Waals surface area contributed by atoms with Crippen LogP contribution in [0.2, 0.25) is 0 Å². The van der Waals surface area contributed by atoms with E-state index in [1.54, 1.807) is 0 Å². The van der Waals surface area contributed by atoms with Gasteiger partial charge in [-0.3, -0.25) is 4.79 Å². The van der Waals surface area contributed by atoms with Crippen LogP contribution in [0.15, 0.2) is 12.2 Å². The van der Waals surface area contributed by atoms with Crippen LogP contribution in [0.3, 0.4) is 0 Å². The normalized spacial score (nSPS) is 11.0. The molecule has 0 N–H and O–H groups in total. The van der Waals surface area contributed by atoms with Crippen LogP contribution >= 0.6 is 0 Å². The molecule has 18 heavy (non-hydrogen) atoms. The topological polar surface area (TPSA) is 26.3 Å². The Balaban J connectivity index is 3.19. The molecular formula is C16H30O2. The predicted molar refractivity (Wildman–Crippen MR) is 77.6 cm³/mol. The van der Waals surface area contributed by atoms with Crippen molar-refractivity contribution in [3.8, 4) is 0 Å². The molecule has 2 nitrogen and oxygen atoms in total. The van der Waals surface area contributed by atoms with E-state index in [9.17, 15) is 4.79 Å². The van der Waals surface area contributed by atoms with Gasteiger partial charge in [0.15, 0.2) is 0 Å². The molecule has 0 aliphatic carbocycles. The fraction of sp³-hybridized carbons (Fsp3) is 0.812. The maximum Gasteiger partial charge on any atom is 0.305 e. The molecule has 2 heteroatoms. The first-order valence-electron chi connectivity index (χ1n) is 7.61. The zero-order chi connectivity index (χ0) is 13.5. The van der Waals surface area contributed by atoms with Crippen molar-refractivity contribution >= 4 is 5.97 Å². The molecule has 0 aromatic heterocycles. The molecule has 0 unspecified atom stereocenters. The summed E-state index contributed by atoms with van der Waals surface area (Å²) < 4.78 is 5.14. The third-order valence-corrected chi connectivity index (χ3v) is 2.93. The SMILES string of the molecule is CCC=CCCOC(=O)CCCCCCCCC. The van der Waals surface area contributed by atoms with E-state index >= 15 is 0 Å². The molecule has 0 aromatic carbocycles. The van der Waals surface area contributed by atoms with Crippen LogP contribution in [-0.2, 0) is 9.53 Å². The van der Waals surface area contributed by atoms with E-state index < -0.39 is 0 Å². The Kier molecular flexibility index (Phi) is 13.6. The first-order valence-corrected chi connectivity index (χ1v) is 7.61.